The van der Waals surface area contributed by atoms with Gasteiger partial charge in [0, 0.05) is 30.3 Å². The number of imidazole rings is 1. The Balaban J connectivity index is 0.00000111. The summed E-state index contributed by atoms with van der Waals surface area (Å²) in [6.07, 6.45) is 7.21. The van der Waals surface area contributed by atoms with Crippen LogP contribution in [0.3, 0.4) is 0 Å². The Labute approximate surface area is 191 Å². The molecule has 6 rings (SSSR count). The monoisotopic (exact) mass is 438 g/mol. The van der Waals surface area contributed by atoms with Gasteiger partial charge in [0.1, 0.15) is 11.3 Å². The lowest BCUT2D eigenvalue weighted by molar-refractivity contribution is 0.713. The smallest absolute Gasteiger partial charge is 0.167 e. The molecule has 0 saturated heterocycles. The summed E-state index contributed by atoms with van der Waals surface area (Å²) in [5.74, 6) is 1.84. The Bertz CT molecular complexity index is 1420. The number of aryl methyl sites for hydroxylation is 1. The van der Waals surface area contributed by atoms with Gasteiger partial charge in [0.25, 0.3) is 0 Å². The molecular weight excluding hydrogens is 412 g/mol. The molecule has 4 aromatic heterocycles. The molecule has 166 valence electrons. The molecule has 4 N–H and O–H groups in total. The number of nitrogens with zero attached hydrogens (tertiary/aromatic N) is 6. The second-order valence-electron chi connectivity index (χ2n) is 7.70. The van der Waals surface area contributed by atoms with Crippen molar-refractivity contribution in [2.24, 2.45) is 5.73 Å². The van der Waals surface area contributed by atoms with E-state index in [-0.39, 0.29) is 6.04 Å². The number of nitrogens with two attached hydrogens (primary N) is 2. The molecule has 0 spiro atoms. The van der Waals surface area contributed by atoms with Crippen LogP contribution in [0.1, 0.15) is 37.4 Å². The summed E-state index contributed by atoms with van der Waals surface area (Å²) in [4.78, 5) is 14.0. The lowest BCUT2D eigenvalue weighted by Gasteiger charge is -2.13. The summed E-state index contributed by atoms with van der Waals surface area (Å²) < 4.78 is 3.77. The van der Waals surface area contributed by atoms with Crippen molar-refractivity contribution >= 4 is 17.0 Å². The van der Waals surface area contributed by atoms with Crippen LogP contribution >= 0.6 is 0 Å². The quantitative estimate of drug-likeness (QED) is 0.436. The van der Waals surface area contributed by atoms with E-state index in [2.05, 4.69) is 28.3 Å². The first-order valence-corrected chi connectivity index (χ1v) is 11.2. The highest BCUT2D eigenvalue weighted by Crippen LogP contribution is 2.34. The van der Waals surface area contributed by atoms with Crippen molar-refractivity contribution in [1.29, 1.82) is 0 Å². The van der Waals surface area contributed by atoms with Crippen molar-refractivity contribution in [2.45, 2.75) is 32.7 Å². The van der Waals surface area contributed by atoms with Crippen LogP contribution in [0.4, 0.5) is 5.82 Å². The summed E-state index contributed by atoms with van der Waals surface area (Å²) in [6.45, 7) is 4.00. The van der Waals surface area contributed by atoms with Gasteiger partial charge < -0.3 is 11.5 Å². The molecular formula is C25H26N8. The molecule has 1 unspecified atom stereocenters. The van der Waals surface area contributed by atoms with Crippen LogP contribution in [0.25, 0.3) is 34.1 Å². The first-order valence-electron chi connectivity index (χ1n) is 11.2. The summed E-state index contributed by atoms with van der Waals surface area (Å²) in [6, 6.07) is 16.0. The topological polar surface area (TPSA) is 113 Å². The molecule has 33 heavy (non-hydrogen) atoms. The number of aromatic nitrogens is 6. The van der Waals surface area contributed by atoms with E-state index in [1.807, 2.05) is 54.9 Å². The molecule has 0 aliphatic heterocycles. The van der Waals surface area contributed by atoms with Crippen LogP contribution in [-0.2, 0) is 6.42 Å². The number of nitrogen functional groups attached to an aromatic ring is 1. The average molecular weight is 439 g/mol. The summed E-state index contributed by atoms with van der Waals surface area (Å²) >= 11 is 0. The van der Waals surface area contributed by atoms with Gasteiger partial charge in [-0.2, -0.15) is 5.10 Å². The van der Waals surface area contributed by atoms with Crippen molar-refractivity contribution in [3.63, 3.8) is 0 Å². The number of benzene rings is 1. The zero-order chi connectivity index (χ0) is 22.9. The zero-order valence-corrected chi connectivity index (χ0v) is 18.7. The maximum Gasteiger partial charge on any atom is 0.167 e. The third-order valence-electron chi connectivity index (χ3n) is 5.82. The molecule has 1 aliphatic carbocycles. The summed E-state index contributed by atoms with van der Waals surface area (Å²) in [5.41, 5.74) is 18.2. The standard InChI is InChI=1S/C23H20N8.C2H6/c24-18-7-4-14-13-15(5-6-16(14)18)31-22(17-3-1-10-26-21(17)25)28-19-8-9-20(29-23(19)31)30-12-2-11-27-30;1-2/h1-3,5-6,8-13,18H,4,7,24H2,(H2,25,26);1-2H3. The van der Waals surface area contributed by atoms with Gasteiger partial charge in [-0.3, -0.25) is 4.57 Å². The maximum absolute atomic E-state index is 6.25. The first-order chi connectivity index (χ1) is 16.2. The van der Waals surface area contributed by atoms with Gasteiger partial charge in [0.05, 0.1) is 5.56 Å². The van der Waals surface area contributed by atoms with E-state index in [0.29, 0.717) is 17.5 Å². The number of pyridine rings is 2. The largest absolute Gasteiger partial charge is 0.383 e. The van der Waals surface area contributed by atoms with Crippen LogP contribution in [-0.4, -0.2) is 29.3 Å². The predicted octanol–water partition coefficient (Wildman–Crippen LogP) is 4.22. The number of hydrogen-bond donors (Lipinski definition) is 2. The third-order valence-corrected chi connectivity index (χ3v) is 5.82. The van der Waals surface area contributed by atoms with Gasteiger partial charge >= 0.3 is 0 Å². The molecule has 1 aromatic carbocycles. The third kappa shape index (κ3) is 3.54. The van der Waals surface area contributed by atoms with E-state index in [0.717, 1.165) is 35.3 Å². The fourth-order valence-electron chi connectivity index (χ4n) is 4.29. The molecule has 0 fully saturated rings. The average Bonchev–Trinajstić information content (AvgIpc) is 3.59. The lowest BCUT2D eigenvalue weighted by Crippen LogP contribution is -2.06. The fourth-order valence-corrected chi connectivity index (χ4v) is 4.29. The molecule has 8 heteroatoms. The van der Waals surface area contributed by atoms with Crippen LogP contribution in [0, 0.1) is 0 Å². The highest BCUT2D eigenvalue weighted by atomic mass is 15.3. The number of fused-ring (bicyclic) bond motifs is 2. The van der Waals surface area contributed by atoms with Crippen molar-refractivity contribution < 1.29 is 0 Å². The second kappa shape index (κ2) is 8.48. The van der Waals surface area contributed by atoms with Gasteiger partial charge in [0.15, 0.2) is 17.3 Å². The van der Waals surface area contributed by atoms with Crippen molar-refractivity contribution in [2.75, 3.05) is 5.73 Å². The Kier molecular flexibility index (Phi) is 5.35. The van der Waals surface area contributed by atoms with Crippen molar-refractivity contribution in [3.8, 4) is 22.9 Å². The molecule has 1 aliphatic rings. The SMILES string of the molecule is CC.Nc1ncccc1-c1nc2ccc(-n3cccn3)nc2n1-c1ccc2c(c1)CCC2N. The molecule has 5 aromatic rings. The van der Waals surface area contributed by atoms with Gasteiger partial charge in [0.2, 0.25) is 0 Å². The normalized spacial score (nSPS) is 14.7. The molecule has 0 saturated carbocycles. The van der Waals surface area contributed by atoms with Crippen molar-refractivity contribution in [3.05, 3.63) is 78.2 Å². The maximum atomic E-state index is 6.25. The van der Waals surface area contributed by atoms with Gasteiger partial charge in [-0.25, -0.2) is 19.6 Å². The molecule has 4 heterocycles. The molecule has 0 radical (unpaired) electrons. The second-order valence-corrected chi connectivity index (χ2v) is 7.70. The fraction of sp³-hybridized carbons (Fsp3) is 0.200. The number of rotatable bonds is 3. The minimum atomic E-state index is 0.0987. The van der Waals surface area contributed by atoms with Gasteiger partial charge in [-0.05, 0) is 66.4 Å². The Morgan fingerprint density at radius 1 is 1.00 bits per heavy atom. The zero-order valence-electron chi connectivity index (χ0n) is 18.7. The molecule has 0 bridgehead atoms. The van der Waals surface area contributed by atoms with E-state index in [1.165, 1.54) is 11.1 Å². The van der Waals surface area contributed by atoms with E-state index in [1.54, 1.807) is 17.1 Å². The summed E-state index contributed by atoms with van der Waals surface area (Å²) in [7, 11) is 0. The highest BCUT2D eigenvalue weighted by molar-refractivity contribution is 5.83. The van der Waals surface area contributed by atoms with E-state index >= 15 is 0 Å². The van der Waals surface area contributed by atoms with E-state index < -0.39 is 0 Å². The van der Waals surface area contributed by atoms with Gasteiger partial charge in [-0.15, -0.1) is 0 Å². The predicted molar refractivity (Wildman–Crippen MR) is 130 cm³/mol. The Hall–Kier alpha value is -4.04. The summed E-state index contributed by atoms with van der Waals surface area (Å²) in [5, 5.41) is 4.31. The minimum absolute atomic E-state index is 0.0987. The number of hydrogen-bond acceptors (Lipinski definition) is 6. The molecule has 0 amide bonds. The molecule has 8 nitrogen and oxygen atoms in total. The van der Waals surface area contributed by atoms with Crippen LogP contribution in [0.2, 0.25) is 0 Å². The Morgan fingerprint density at radius 3 is 2.67 bits per heavy atom. The van der Waals surface area contributed by atoms with Crippen molar-refractivity contribution in [1.82, 2.24) is 29.3 Å². The van der Waals surface area contributed by atoms with Gasteiger partial charge in [-0.1, -0.05) is 19.9 Å². The lowest BCUT2D eigenvalue weighted by atomic mass is 10.1. The minimum Gasteiger partial charge on any atom is -0.383 e. The first kappa shape index (κ1) is 20.8. The molecule has 1 atom stereocenters. The van der Waals surface area contributed by atoms with E-state index in [9.17, 15) is 0 Å². The highest BCUT2D eigenvalue weighted by Gasteiger charge is 2.22. The van der Waals surface area contributed by atoms with Crippen LogP contribution in [0.5, 0.6) is 0 Å². The van der Waals surface area contributed by atoms with Crippen LogP contribution in [0.15, 0.2) is 67.1 Å². The van der Waals surface area contributed by atoms with Crippen LogP contribution < -0.4 is 11.5 Å². The number of anilines is 1. The van der Waals surface area contributed by atoms with E-state index in [4.69, 9.17) is 21.4 Å². The Morgan fingerprint density at radius 2 is 1.88 bits per heavy atom.